The van der Waals surface area contributed by atoms with E-state index in [1.54, 1.807) is 6.08 Å². The van der Waals surface area contributed by atoms with E-state index in [9.17, 15) is 4.79 Å². The summed E-state index contributed by atoms with van der Waals surface area (Å²) in [5.41, 5.74) is 1.06. The average Bonchev–Trinajstić information content (AvgIpc) is 2.19. The van der Waals surface area contributed by atoms with Gasteiger partial charge in [-0.2, -0.15) is 0 Å². The lowest BCUT2D eigenvalue weighted by Crippen LogP contribution is -2.31. The number of esters is 1. The molecule has 1 fully saturated rings. The van der Waals surface area contributed by atoms with Gasteiger partial charge in [-0.05, 0) is 27.2 Å². The summed E-state index contributed by atoms with van der Waals surface area (Å²) in [6.45, 7) is 10.8. The fourth-order valence-electron chi connectivity index (χ4n) is 2.31. The van der Waals surface area contributed by atoms with Gasteiger partial charge >= 0.3 is 5.97 Å². The summed E-state index contributed by atoms with van der Waals surface area (Å²) < 4.78 is 4.91. The zero-order chi connectivity index (χ0) is 11.7. The third-order valence-corrected chi connectivity index (χ3v) is 2.63. The topological polar surface area (TPSA) is 38.3 Å². The maximum absolute atomic E-state index is 11.4. The van der Waals surface area contributed by atoms with Crippen LogP contribution in [0.25, 0.3) is 0 Å². The highest BCUT2D eigenvalue weighted by Gasteiger charge is 2.40. The Bertz CT molecular complexity index is 290. The molecule has 0 amide bonds. The molecule has 15 heavy (non-hydrogen) atoms. The smallest absolute Gasteiger partial charge is 0.332 e. The molecule has 1 rings (SSSR count). The van der Waals surface area contributed by atoms with Crippen LogP contribution in [-0.2, 0) is 9.53 Å². The summed E-state index contributed by atoms with van der Waals surface area (Å²) in [7, 11) is 0. The number of ether oxygens (including phenoxy) is 1. The maximum Gasteiger partial charge on any atom is 0.332 e. The van der Waals surface area contributed by atoms with Crippen molar-refractivity contribution in [3.05, 3.63) is 11.8 Å². The predicted molar refractivity (Wildman–Crippen MR) is 60.3 cm³/mol. The molecular weight excluding hydrogens is 190 g/mol. The molecule has 0 aromatic carbocycles. The van der Waals surface area contributed by atoms with Crippen LogP contribution in [0, 0.1) is 5.41 Å². The molecule has 0 unspecified atom stereocenters. The van der Waals surface area contributed by atoms with E-state index in [0.29, 0.717) is 6.61 Å². The lowest BCUT2D eigenvalue weighted by Gasteiger charge is -2.19. The number of carbonyl (C=O) groups is 1. The molecule has 0 spiro atoms. The predicted octanol–water partition coefficient (Wildman–Crippen LogP) is 2.23. The largest absolute Gasteiger partial charge is 0.463 e. The Labute approximate surface area is 91.9 Å². The molecule has 86 valence electrons. The first-order chi connectivity index (χ1) is 6.77. The van der Waals surface area contributed by atoms with Crippen molar-refractivity contribution in [1.29, 1.82) is 0 Å². The van der Waals surface area contributed by atoms with E-state index in [-0.39, 0.29) is 16.9 Å². The van der Waals surface area contributed by atoms with E-state index in [0.717, 1.165) is 12.1 Å². The molecule has 3 nitrogen and oxygen atoms in total. The molecule has 1 aliphatic heterocycles. The van der Waals surface area contributed by atoms with Crippen molar-refractivity contribution in [3.63, 3.8) is 0 Å². The van der Waals surface area contributed by atoms with Crippen LogP contribution in [0.5, 0.6) is 0 Å². The zero-order valence-electron chi connectivity index (χ0n) is 10.3. The van der Waals surface area contributed by atoms with Gasteiger partial charge in [0.15, 0.2) is 0 Å². The van der Waals surface area contributed by atoms with Gasteiger partial charge in [-0.3, -0.25) is 0 Å². The number of rotatable bonds is 2. The molecule has 0 aromatic rings. The van der Waals surface area contributed by atoms with E-state index >= 15 is 0 Å². The van der Waals surface area contributed by atoms with Crippen molar-refractivity contribution in [1.82, 2.24) is 5.32 Å². The van der Waals surface area contributed by atoms with Crippen molar-refractivity contribution in [2.45, 2.75) is 46.6 Å². The fourth-order valence-corrected chi connectivity index (χ4v) is 2.31. The Morgan fingerprint density at radius 2 is 2.07 bits per heavy atom. The Morgan fingerprint density at radius 3 is 2.47 bits per heavy atom. The lowest BCUT2D eigenvalue weighted by molar-refractivity contribution is -0.137. The van der Waals surface area contributed by atoms with Crippen molar-refractivity contribution in [3.8, 4) is 0 Å². The monoisotopic (exact) mass is 211 g/mol. The number of allylic oxidation sites excluding steroid dienone is 1. The van der Waals surface area contributed by atoms with E-state index in [1.165, 1.54) is 0 Å². The quantitative estimate of drug-likeness (QED) is 0.562. The van der Waals surface area contributed by atoms with E-state index < -0.39 is 0 Å². The minimum absolute atomic E-state index is 0.0241. The molecule has 0 radical (unpaired) electrons. The minimum atomic E-state index is -0.259. The molecule has 0 aromatic heterocycles. The highest BCUT2D eigenvalue weighted by molar-refractivity contribution is 5.83. The van der Waals surface area contributed by atoms with E-state index in [1.807, 2.05) is 6.92 Å². The first kappa shape index (κ1) is 12.1. The van der Waals surface area contributed by atoms with Gasteiger partial charge in [0.25, 0.3) is 0 Å². The van der Waals surface area contributed by atoms with Crippen LogP contribution in [-0.4, -0.2) is 18.1 Å². The summed E-state index contributed by atoms with van der Waals surface area (Å²) in [5.74, 6) is -0.259. The van der Waals surface area contributed by atoms with E-state index in [4.69, 9.17) is 4.74 Å². The van der Waals surface area contributed by atoms with Crippen LogP contribution in [0.4, 0.5) is 0 Å². The molecule has 1 N–H and O–H groups in total. The van der Waals surface area contributed by atoms with Crippen LogP contribution >= 0.6 is 0 Å². The van der Waals surface area contributed by atoms with Crippen LogP contribution in [0.1, 0.15) is 41.0 Å². The number of hydrogen-bond donors (Lipinski definition) is 1. The number of hydrogen-bond acceptors (Lipinski definition) is 3. The second kappa shape index (κ2) is 3.87. The zero-order valence-corrected chi connectivity index (χ0v) is 10.3. The maximum atomic E-state index is 11.4. The Kier molecular flexibility index (Phi) is 3.12. The van der Waals surface area contributed by atoms with Crippen LogP contribution < -0.4 is 5.32 Å². The van der Waals surface area contributed by atoms with Gasteiger partial charge < -0.3 is 10.1 Å². The normalized spacial score (nSPS) is 25.0. The second-order valence-electron chi connectivity index (χ2n) is 5.38. The Morgan fingerprint density at radius 1 is 1.47 bits per heavy atom. The molecule has 0 saturated carbocycles. The molecule has 0 bridgehead atoms. The molecule has 1 aliphatic rings. The number of nitrogens with one attached hydrogen (secondary N) is 1. The third-order valence-electron chi connectivity index (χ3n) is 2.63. The summed E-state index contributed by atoms with van der Waals surface area (Å²) in [5, 5.41) is 3.37. The SMILES string of the molecule is CCOC(=O)C=C1NC(C)(C)CC1(C)C. The second-order valence-corrected chi connectivity index (χ2v) is 5.38. The molecule has 0 aliphatic carbocycles. The van der Waals surface area contributed by atoms with Gasteiger partial charge in [-0.15, -0.1) is 0 Å². The van der Waals surface area contributed by atoms with Crippen molar-refractivity contribution in [2.24, 2.45) is 5.41 Å². The van der Waals surface area contributed by atoms with Crippen molar-refractivity contribution < 1.29 is 9.53 Å². The third kappa shape index (κ3) is 2.98. The van der Waals surface area contributed by atoms with Gasteiger partial charge in [0.1, 0.15) is 0 Å². The Balaban J connectivity index is 2.82. The molecular formula is C12H21NO2. The highest BCUT2D eigenvalue weighted by Crippen LogP contribution is 2.41. The van der Waals surface area contributed by atoms with Gasteiger partial charge in [0.2, 0.25) is 0 Å². The van der Waals surface area contributed by atoms with Gasteiger partial charge in [-0.25, -0.2) is 4.79 Å². The first-order valence-electron chi connectivity index (χ1n) is 5.44. The molecule has 3 heteroatoms. The molecule has 1 saturated heterocycles. The average molecular weight is 211 g/mol. The van der Waals surface area contributed by atoms with Crippen LogP contribution in [0.2, 0.25) is 0 Å². The van der Waals surface area contributed by atoms with Gasteiger partial charge in [0, 0.05) is 22.7 Å². The molecule has 1 heterocycles. The lowest BCUT2D eigenvalue weighted by atomic mass is 9.84. The standard InChI is InChI=1S/C12H21NO2/c1-6-15-10(14)7-9-11(2,3)8-12(4,5)13-9/h7,13H,6,8H2,1-5H3. The minimum Gasteiger partial charge on any atom is -0.463 e. The van der Waals surface area contributed by atoms with Crippen LogP contribution in [0.15, 0.2) is 11.8 Å². The fraction of sp³-hybridized carbons (Fsp3) is 0.750. The Hall–Kier alpha value is -0.990. The first-order valence-corrected chi connectivity index (χ1v) is 5.44. The van der Waals surface area contributed by atoms with Gasteiger partial charge in [0.05, 0.1) is 6.61 Å². The van der Waals surface area contributed by atoms with E-state index in [2.05, 4.69) is 33.0 Å². The highest BCUT2D eigenvalue weighted by atomic mass is 16.5. The summed E-state index contributed by atoms with van der Waals surface area (Å²) in [4.78, 5) is 11.4. The van der Waals surface area contributed by atoms with Gasteiger partial charge in [-0.1, -0.05) is 13.8 Å². The van der Waals surface area contributed by atoms with Crippen LogP contribution in [0.3, 0.4) is 0 Å². The van der Waals surface area contributed by atoms with Crippen molar-refractivity contribution in [2.75, 3.05) is 6.61 Å². The number of carbonyl (C=O) groups excluding carboxylic acids is 1. The summed E-state index contributed by atoms with van der Waals surface area (Å²) >= 11 is 0. The summed E-state index contributed by atoms with van der Waals surface area (Å²) in [6.07, 6.45) is 2.60. The van der Waals surface area contributed by atoms with Crippen molar-refractivity contribution >= 4 is 5.97 Å². The summed E-state index contributed by atoms with van der Waals surface area (Å²) in [6, 6.07) is 0. The molecule has 0 atom stereocenters.